The molecule has 0 radical (unpaired) electrons. The molecule has 1 unspecified atom stereocenters. The minimum absolute atomic E-state index is 0.162. The fraction of sp³-hybridized carbons (Fsp3) is 0.600. The molecule has 1 aromatic carbocycles. The predicted molar refractivity (Wildman–Crippen MR) is 71.2 cm³/mol. The molecule has 0 spiro atoms. The second-order valence-electron chi connectivity index (χ2n) is 5.41. The van der Waals surface area contributed by atoms with Crippen LogP contribution in [0.15, 0.2) is 18.2 Å². The van der Waals surface area contributed by atoms with E-state index in [9.17, 15) is 0 Å². The summed E-state index contributed by atoms with van der Waals surface area (Å²) in [6.45, 7) is 6.82. The topological polar surface area (TPSA) is 35.2 Å². The molecule has 1 atom stereocenters. The van der Waals surface area contributed by atoms with Gasteiger partial charge in [0.25, 0.3) is 0 Å². The Bertz CT molecular complexity index is 360. The van der Waals surface area contributed by atoms with E-state index in [1.54, 1.807) is 0 Å². The van der Waals surface area contributed by atoms with E-state index in [0.29, 0.717) is 0 Å². The fourth-order valence-corrected chi connectivity index (χ4v) is 2.79. The van der Waals surface area contributed by atoms with Crippen molar-refractivity contribution < 1.29 is 4.74 Å². The summed E-state index contributed by atoms with van der Waals surface area (Å²) in [6.07, 6.45) is 3.39. The van der Waals surface area contributed by atoms with E-state index in [-0.39, 0.29) is 5.41 Å². The highest BCUT2D eigenvalue weighted by Crippen LogP contribution is 2.33. The van der Waals surface area contributed by atoms with Gasteiger partial charge in [-0.2, -0.15) is 0 Å². The lowest BCUT2D eigenvalue weighted by Crippen LogP contribution is -2.40. The van der Waals surface area contributed by atoms with Gasteiger partial charge in [0.2, 0.25) is 0 Å². The number of nitrogens with two attached hydrogens (primary N) is 1. The van der Waals surface area contributed by atoms with Crippen molar-refractivity contribution in [1.29, 1.82) is 0 Å². The van der Waals surface area contributed by atoms with Gasteiger partial charge in [-0.25, -0.2) is 0 Å². The van der Waals surface area contributed by atoms with Crippen molar-refractivity contribution in [2.24, 2.45) is 11.1 Å². The molecular weight excluding hydrogens is 210 g/mol. The quantitative estimate of drug-likeness (QED) is 0.871. The zero-order chi connectivity index (χ0) is 12.3. The summed E-state index contributed by atoms with van der Waals surface area (Å²) in [7, 11) is 0. The summed E-state index contributed by atoms with van der Waals surface area (Å²) in [4.78, 5) is 0. The van der Waals surface area contributed by atoms with Gasteiger partial charge in [-0.05, 0) is 49.8 Å². The van der Waals surface area contributed by atoms with Crippen molar-refractivity contribution in [3.05, 3.63) is 34.9 Å². The number of rotatable bonds is 3. The van der Waals surface area contributed by atoms with E-state index < -0.39 is 0 Å². The molecule has 1 aromatic rings. The standard InChI is InChI=1S/C15H23NO/c1-12-5-3-6-13(2)14(12)9-15(10-16)7-4-8-17-11-15/h3,5-6H,4,7-11,16H2,1-2H3. The number of hydrogen-bond acceptors (Lipinski definition) is 2. The molecule has 0 aliphatic carbocycles. The molecule has 2 heteroatoms. The van der Waals surface area contributed by atoms with Crippen LogP contribution < -0.4 is 5.73 Å². The molecular formula is C15H23NO. The molecule has 1 heterocycles. The van der Waals surface area contributed by atoms with Crippen LogP contribution in [-0.4, -0.2) is 19.8 Å². The average Bonchev–Trinajstić information content (AvgIpc) is 2.35. The Balaban J connectivity index is 2.23. The Kier molecular flexibility index (Phi) is 3.85. The van der Waals surface area contributed by atoms with E-state index in [0.717, 1.165) is 32.6 Å². The molecule has 0 bridgehead atoms. The van der Waals surface area contributed by atoms with Crippen LogP contribution in [0.3, 0.4) is 0 Å². The first-order valence-electron chi connectivity index (χ1n) is 6.50. The van der Waals surface area contributed by atoms with Crippen molar-refractivity contribution in [2.45, 2.75) is 33.1 Å². The van der Waals surface area contributed by atoms with Crippen LogP contribution in [0, 0.1) is 19.3 Å². The number of aryl methyl sites for hydroxylation is 2. The molecule has 1 aliphatic rings. The maximum Gasteiger partial charge on any atom is 0.0537 e. The third kappa shape index (κ3) is 2.70. The van der Waals surface area contributed by atoms with Gasteiger partial charge in [0.05, 0.1) is 6.61 Å². The molecule has 17 heavy (non-hydrogen) atoms. The molecule has 0 amide bonds. The van der Waals surface area contributed by atoms with Crippen LogP contribution >= 0.6 is 0 Å². The van der Waals surface area contributed by atoms with E-state index in [4.69, 9.17) is 10.5 Å². The van der Waals surface area contributed by atoms with Crippen molar-refractivity contribution in [2.75, 3.05) is 19.8 Å². The highest BCUT2D eigenvalue weighted by Gasteiger charge is 2.32. The molecule has 94 valence electrons. The van der Waals surface area contributed by atoms with Crippen LogP contribution in [0.1, 0.15) is 29.5 Å². The maximum absolute atomic E-state index is 6.01. The normalized spacial score (nSPS) is 24.9. The summed E-state index contributed by atoms with van der Waals surface area (Å²) in [5.74, 6) is 0. The van der Waals surface area contributed by atoms with Crippen LogP contribution in [0.2, 0.25) is 0 Å². The van der Waals surface area contributed by atoms with E-state index in [2.05, 4.69) is 32.0 Å². The Hall–Kier alpha value is -0.860. The van der Waals surface area contributed by atoms with Crippen molar-refractivity contribution in [3.8, 4) is 0 Å². The van der Waals surface area contributed by atoms with Gasteiger partial charge in [0, 0.05) is 18.6 Å². The van der Waals surface area contributed by atoms with Gasteiger partial charge in [0.15, 0.2) is 0 Å². The summed E-state index contributed by atoms with van der Waals surface area (Å²) in [5, 5.41) is 0. The molecule has 0 aromatic heterocycles. The third-order valence-corrected chi connectivity index (χ3v) is 4.03. The zero-order valence-corrected chi connectivity index (χ0v) is 11.0. The Morgan fingerprint density at radius 3 is 2.53 bits per heavy atom. The first-order chi connectivity index (χ1) is 8.17. The lowest BCUT2D eigenvalue weighted by molar-refractivity contribution is -0.00277. The third-order valence-electron chi connectivity index (χ3n) is 4.03. The second kappa shape index (κ2) is 5.19. The SMILES string of the molecule is Cc1cccc(C)c1CC1(CN)CCCOC1. The van der Waals surface area contributed by atoms with E-state index in [1.807, 2.05) is 0 Å². The Morgan fingerprint density at radius 2 is 2.00 bits per heavy atom. The first-order valence-corrected chi connectivity index (χ1v) is 6.50. The second-order valence-corrected chi connectivity index (χ2v) is 5.41. The van der Waals surface area contributed by atoms with E-state index in [1.165, 1.54) is 23.1 Å². The van der Waals surface area contributed by atoms with Crippen LogP contribution in [0.4, 0.5) is 0 Å². The van der Waals surface area contributed by atoms with Gasteiger partial charge >= 0.3 is 0 Å². The minimum atomic E-state index is 0.162. The van der Waals surface area contributed by atoms with E-state index >= 15 is 0 Å². The monoisotopic (exact) mass is 233 g/mol. The number of hydrogen-bond donors (Lipinski definition) is 1. The lowest BCUT2D eigenvalue weighted by atomic mass is 9.75. The highest BCUT2D eigenvalue weighted by atomic mass is 16.5. The first kappa shape index (κ1) is 12.6. The van der Waals surface area contributed by atoms with Gasteiger partial charge in [-0.3, -0.25) is 0 Å². The van der Waals surface area contributed by atoms with Gasteiger partial charge in [-0.1, -0.05) is 18.2 Å². The molecule has 1 fully saturated rings. The van der Waals surface area contributed by atoms with Crippen LogP contribution in [0.25, 0.3) is 0 Å². The average molecular weight is 233 g/mol. The zero-order valence-electron chi connectivity index (χ0n) is 11.0. The van der Waals surface area contributed by atoms with Crippen LogP contribution in [-0.2, 0) is 11.2 Å². The largest absolute Gasteiger partial charge is 0.381 e. The minimum Gasteiger partial charge on any atom is -0.381 e. The molecule has 1 aliphatic heterocycles. The van der Waals surface area contributed by atoms with Crippen molar-refractivity contribution in [3.63, 3.8) is 0 Å². The molecule has 2 nitrogen and oxygen atoms in total. The Labute approximate surface area is 104 Å². The molecule has 0 saturated carbocycles. The smallest absolute Gasteiger partial charge is 0.0537 e. The van der Waals surface area contributed by atoms with Crippen molar-refractivity contribution >= 4 is 0 Å². The number of ether oxygens (including phenoxy) is 1. The summed E-state index contributed by atoms with van der Waals surface area (Å²) >= 11 is 0. The van der Waals surface area contributed by atoms with Gasteiger partial charge < -0.3 is 10.5 Å². The molecule has 1 saturated heterocycles. The predicted octanol–water partition coefficient (Wildman–Crippen LogP) is 2.60. The molecule has 2 N–H and O–H groups in total. The van der Waals surface area contributed by atoms with Crippen LogP contribution in [0.5, 0.6) is 0 Å². The van der Waals surface area contributed by atoms with Gasteiger partial charge in [-0.15, -0.1) is 0 Å². The van der Waals surface area contributed by atoms with Gasteiger partial charge in [0.1, 0.15) is 0 Å². The maximum atomic E-state index is 6.01. The molecule has 2 rings (SSSR count). The van der Waals surface area contributed by atoms with Crippen molar-refractivity contribution in [1.82, 2.24) is 0 Å². The summed E-state index contributed by atoms with van der Waals surface area (Å²) in [6, 6.07) is 6.51. The fourth-order valence-electron chi connectivity index (χ4n) is 2.79. The lowest BCUT2D eigenvalue weighted by Gasteiger charge is -2.37. The summed E-state index contributed by atoms with van der Waals surface area (Å²) in [5.41, 5.74) is 10.4. The number of benzene rings is 1. The highest BCUT2D eigenvalue weighted by molar-refractivity contribution is 5.34. The Morgan fingerprint density at radius 1 is 1.29 bits per heavy atom. The summed E-state index contributed by atoms with van der Waals surface area (Å²) < 4.78 is 5.65.